The summed E-state index contributed by atoms with van der Waals surface area (Å²) in [6, 6.07) is 1.13. The summed E-state index contributed by atoms with van der Waals surface area (Å²) in [5, 5.41) is 19.9. The molecule has 3 aromatic rings. The molecule has 178 valence electrons. The molecule has 10 nitrogen and oxygen atoms in total. The second-order valence-electron chi connectivity index (χ2n) is 7.80. The van der Waals surface area contributed by atoms with Gasteiger partial charge in [0.25, 0.3) is 5.91 Å². The number of nitrogens with zero attached hydrogens (tertiary/aromatic N) is 5. The molecule has 0 bridgehead atoms. The second kappa shape index (κ2) is 8.96. The summed E-state index contributed by atoms with van der Waals surface area (Å²) in [5.74, 6) is -1.66. The predicted octanol–water partition coefficient (Wildman–Crippen LogP) is 2.76. The van der Waals surface area contributed by atoms with Gasteiger partial charge in [-0.1, -0.05) is 6.58 Å². The molecule has 3 heterocycles. The number of carbonyl (C=O) groups excluding carboxylic acids is 1. The molecule has 3 N–H and O–H groups in total. The average molecular weight is 471 g/mol. The van der Waals surface area contributed by atoms with Crippen molar-refractivity contribution in [2.45, 2.75) is 26.1 Å². The Balaban J connectivity index is 1.49. The molecule has 4 rings (SSSR count). The Hall–Kier alpha value is -4.22. The lowest BCUT2D eigenvalue weighted by Crippen LogP contribution is -2.47. The van der Waals surface area contributed by atoms with Crippen LogP contribution < -0.4 is 20.3 Å². The van der Waals surface area contributed by atoms with Gasteiger partial charge in [-0.05, 0) is 13.0 Å². The number of rotatable bonds is 7. The lowest BCUT2D eigenvalue weighted by Gasteiger charge is -2.34. The number of nitrogens with one attached hydrogen (secondary N) is 2. The molecule has 0 aliphatic carbocycles. The number of aliphatic hydroxyl groups is 1. The van der Waals surface area contributed by atoms with Crippen molar-refractivity contribution < 1.29 is 23.4 Å². The van der Waals surface area contributed by atoms with Crippen LogP contribution >= 0.6 is 0 Å². The number of aryl methyl sites for hydroxylation is 1. The maximum absolute atomic E-state index is 13.7. The molecule has 1 aromatic carbocycles. The fourth-order valence-electron chi connectivity index (χ4n) is 3.73. The monoisotopic (exact) mass is 471 g/mol. The molecule has 1 aliphatic heterocycles. The van der Waals surface area contributed by atoms with Crippen LogP contribution in [0, 0.1) is 18.6 Å². The van der Waals surface area contributed by atoms with Crippen molar-refractivity contribution in [3.05, 3.63) is 65.3 Å². The lowest BCUT2D eigenvalue weighted by atomic mass is 10.1. The normalized spacial score (nSPS) is 15.0. The van der Waals surface area contributed by atoms with Crippen molar-refractivity contribution in [3.63, 3.8) is 0 Å². The largest absolute Gasteiger partial charge is 0.510 e. The van der Waals surface area contributed by atoms with Gasteiger partial charge in [0.15, 0.2) is 23.5 Å². The zero-order valence-electron chi connectivity index (χ0n) is 18.8. The highest BCUT2D eigenvalue weighted by Gasteiger charge is 2.35. The Morgan fingerprint density at radius 2 is 2.06 bits per heavy atom. The van der Waals surface area contributed by atoms with E-state index in [9.17, 15) is 18.7 Å². The first-order chi connectivity index (χ1) is 16.2. The Kier molecular flexibility index (Phi) is 6.05. The van der Waals surface area contributed by atoms with E-state index in [-0.39, 0.29) is 18.1 Å². The number of methoxy groups -OCH3 is 1. The summed E-state index contributed by atoms with van der Waals surface area (Å²) >= 11 is 0. The van der Waals surface area contributed by atoms with Gasteiger partial charge in [-0.2, -0.15) is 10.1 Å². The van der Waals surface area contributed by atoms with E-state index in [2.05, 4.69) is 32.3 Å². The maximum Gasteiger partial charge on any atom is 0.255 e. The van der Waals surface area contributed by atoms with Crippen LogP contribution in [0.3, 0.4) is 0 Å². The number of anilines is 3. The van der Waals surface area contributed by atoms with E-state index in [0.29, 0.717) is 35.3 Å². The topological polar surface area (TPSA) is 117 Å². The van der Waals surface area contributed by atoms with Crippen LogP contribution in [0.1, 0.15) is 16.8 Å². The molecule has 0 saturated carbocycles. The van der Waals surface area contributed by atoms with E-state index in [4.69, 9.17) is 4.74 Å². The third-order valence-electron chi connectivity index (χ3n) is 5.40. The van der Waals surface area contributed by atoms with Crippen LogP contribution in [0.2, 0.25) is 0 Å². The number of halogens is 2. The van der Waals surface area contributed by atoms with Crippen molar-refractivity contribution in [1.82, 2.24) is 19.7 Å². The average Bonchev–Trinajstić information content (AvgIpc) is 3.22. The zero-order valence-corrected chi connectivity index (χ0v) is 18.8. The molecule has 0 spiro atoms. The van der Waals surface area contributed by atoms with Gasteiger partial charge in [0.1, 0.15) is 17.2 Å². The van der Waals surface area contributed by atoms with Crippen LogP contribution in [-0.2, 0) is 17.9 Å². The Labute approximate surface area is 193 Å². The fourth-order valence-corrected chi connectivity index (χ4v) is 3.73. The SMILES string of the molecule is C=C(O)[C@H]1C(=O)Nc2c(C)nc(NCc3cnn(Cc4cc(F)c(F)cc4OC)c3)nc2N1C. The molecular formula is C22H23F2N7O3. The second-order valence-corrected chi connectivity index (χ2v) is 7.80. The number of aromatic nitrogens is 4. The minimum Gasteiger partial charge on any atom is -0.510 e. The lowest BCUT2D eigenvalue weighted by molar-refractivity contribution is -0.117. The maximum atomic E-state index is 13.7. The Morgan fingerprint density at radius 1 is 1.32 bits per heavy atom. The van der Waals surface area contributed by atoms with E-state index in [1.165, 1.54) is 12.0 Å². The van der Waals surface area contributed by atoms with Crippen LogP contribution in [0.15, 0.2) is 36.9 Å². The summed E-state index contributed by atoms with van der Waals surface area (Å²) in [4.78, 5) is 22.7. The summed E-state index contributed by atoms with van der Waals surface area (Å²) in [6.45, 7) is 5.72. The van der Waals surface area contributed by atoms with Crippen LogP contribution in [-0.4, -0.2) is 51.0 Å². The molecule has 12 heteroatoms. The van der Waals surface area contributed by atoms with Gasteiger partial charge in [0.2, 0.25) is 5.95 Å². The summed E-state index contributed by atoms with van der Waals surface area (Å²) in [7, 11) is 3.02. The summed E-state index contributed by atoms with van der Waals surface area (Å²) in [6.07, 6.45) is 3.37. The Bertz CT molecular complexity index is 1280. The summed E-state index contributed by atoms with van der Waals surface area (Å²) < 4.78 is 33.8. The van der Waals surface area contributed by atoms with Gasteiger partial charge < -0.3 is 25.4 Å². The third-order valence-corrected chi connectivity index (χ3v) is 5.40. The first-order valence-electron chi connectivity index (χ1n) is 10.2. The van der Waals surface area contributed by atoms with Gasteiger partial charge in [-0.15, -0.1) is 0 Å². The molecule has 34 heavy (non-hydrogen) atoms. The number of hydrogen-bond donors (Lipinski definition) is 3. The number of amides is 1. The highest BCUT2D eigenvalue weighted by atomic mass is 19.2. The number of likely N-dealkylation sites (N-methyl/N-ethyl adjacent to an activating group) is 1. The number of aliphatic hydroxyl groups excluding tert-OH is 1. The van der Waals surface area contributed by atoms with Crippen LogP contribution in [0.5, 0.6) is 5.75 Å². The third kappa shape index (κ3) is 4.34. The highest BCUT2D eigenvalue weighted by molar-refractivity contribution is 6.04. The van der Waals surface area contributed by atoms with Gasteiger partial charge >= 0.3 is 0 Å². The number of carbonyl (C=O) groups is 1. The smallest absolute Gasteiger partial charge is 0.255 e. The minimum absolute atomic E-state index is 0.186. The number of ether oxygens (including phenoxy) is 1. The number of fused-ring (bicyclic) bond motifs is 1. The molecule has 1 atom stereocenters. The molecule has 1 amide bonds. The quantitative estimate of drug-likeness (QED) is 0.451. The molecular weight excluding hydrogens is 448 g/mol. The fraction of sp³-hybridized carbons (Fsp3) is 0.273. The van der Waals surface area contributed by atoms with E-state index in [1.807, 2.05) is 0 Å². The first-order valence-corrected chi connectivity index (χ1v) is 10.2. The van der Waals surface area contributed by atoms with Gasteiger partial charge in [0.05, 0.1) is 25.5 Å². The molecule has 1 aliphatic rings. The van der Waals surface area contributed by atoms with Crippen molar-refractivity contribution in [1.29, 1.82) is 0 Å². The van der Waals surface area contributed by atoms with E-state index in [1.54, 1.807) is 31.0 Å². The van der Waals surface area contributed by atoms with Gasteiger partial charge in [-0.3, -0.25) is 9.48 Å². The molecule has 0 fully saturated rings. The molecule has 0 radical (unpaired) electrons. The van der Waals surface area contributed by atoms with E-state index < -0.39 is 23.6 Å². The molecule has 0 unspecified atom stereocenters. The number of hydrogen-bond acceptors (Lipinski definition) is 8. The molecule has 2 aromatic heterocycles. The highest BCUT2D eigenvalue weighted by Crippen LogP contribution is 2.33. The first kappa shape index (κ1) is 23.0. The zero-order chi connectivity index (χ0) is 24.6. The van der Waals surface area contributed by atoms with Crippen molar-refractivity contribution in [3.8, 4) is 5.75 Å². The number of benzene rings is 1. The van der Waals surface area contributed by atoms with Crippen molar-refractivity contribution in [2.75, 3.05) is 29.7 Å². The van der Waals surface area contributed by atoms with Crippen molar-refractivity contribution in [2.24, 2.45) is 0 Å². The van der Waals surface area contributed by atoms with Gasteiger partial charge in [-0.25, -0.2) is 13.8 Å². The standard InChI is InChI=1S/C22H23F2N7O3/c1-11-18-20(30(3)19(12(2)32)21(33)28-18)29-22(27-11)25-7-13-8-26-31(9-13)10-14-5-15(23)16(24)6-17(14)34-4/h5-6,8-9,19,32H,2,7,10H2,1,3-4H3,(H,28,33)(H,25,27,29)/t19-/m0/s1. The van der Waals surface area contributed by atoms with E-state index in [0.717, 1.165) is 17.7 Å². The van der Waals surface area contributed by atoms with Crippen LogP contribution in [0.25, 0.3) is 0 Å². The molecule has 0 saturated heterocycles. The van der Waals surface area contributed by atoms with Gasteiger partial charge in [0, 0.05) is 37.0 Å². The van der Waals surface area contributed by atoms with Crippen LogP contribution in [0.4, 0.5) is 26.2 Å². The Morgan fingerprint density at radius 3 is 2.76 bits per heavy atom. The van der Waals surface area contributed by atoms with Crippen molar-refractivity contribution >= 4 is 23.4 Å². The minimum atomic E-state index is -0.980. The summed E-state index contributed by atoms with van der Waals surface area (Å²) in [5.41, 5.74) is 2.26. The van der Waals surface area contributed by atoms with E-state index >= 15 is 0 Å². The predicted molar refractivity (Wildman–Crippen MR) is 121 cm³/mol.